The van der Waals surface area contributed by atoms with Crippen LogP contribution in [0.2, 0.25) is 0 Å². The van der Waals surface area contributed by atoms with Crippen molar-refractivity contribution in [2.45, 2.75) is 38.6 Å². The van der Waals surface area contributed by atoms with Crippen LogP contribution in [0.5, 0.6) is 5.75 Å². The van der Waals surface area contributed by atoms with E-state index in [1.165, 1.54) is 11.4 Å². The van der Waals surface area contributed by atoms with E-state index in [0.29, 0.717) is 48.1 Å². The zero-order chi connectivity index (χ0) is 23.9. The van der Waals surface area contributed by atoms with Crippen LogP contribution in [0.3, 0.4) is 0 Å². The molecule has 11 heteroatoms. The average Bonchev–Trinajstić information content (AvgIpc) is 3.09. The largest absolute Gasteiger partial charge is 0.495 e. The summed E-state index contributed by atoms with van der Waals surface area (Å²) in [7, 11) is -0.503. The number of piperazine rings is 1. The highest BCUT2D eigenvalue weighted by molar-refractivity contribution is 7.89. The number of methoxy groups -OCH3 is 1. The molecule has 3 heterocycles. The molecule has 0 bridgehead atoms. The maximum absolute atomic E-state index is 13.4. The first-order valence-electron chi connectivity index (χ1n) is 11.0. The monoisotopic (exact) mass is 474 g/mol. The molecule has 4 rings (SSSR count). The average molecular weight is 475 g/mol. The third-order valence-electron chi connectivity index (χ3n) is 6.00. The summed E-state index contributed by atoms with van der Waals surface area (Å²) in [6.45, 7) is 7.64. The van der Waals surface area contributed by atoms with Crippen LogP contribution in [0.15, 0.2) is 27.9 Å². The number of rotatable bonds is 6. The molecule has 1 aliphatic rings. The summed E-state index contributed by atoms with van der Waals surface area (Å²) in [4.78, 5) is 20.2. The van der Waals surface area contributed by atoms with Gasteiger partial charge in [0.05, 0.1) is 12.8 Å². The van der Waals surface area contributed by atoms with Crippen LogP contribution in [0.1, 0.15) is 24.6 Å². The molecule has 2 aromatic heterocycles. The van der Waals surface area contributed by atoms with E-state index in [1.807, 2.05) is 31.7 Å². The van der Waals surface area contributed by atoms with E-state index in [9.17, 15) is 13.2 Å². The van der Waals surface area contributed by atoms with Crippen molar-refractivity contribution in [3.63, 3.8) is 0 Å². The molecule has 0 radical (unpaired) electrons. The third kappa shape index (κ3) is 3.99. The Hall–Kier alpha value is -2.92. The second kappa shape index (κ2) is 8.79. The van der Waals surface area contributed by atoms with Crippen molar-refractivity contribution in [3.8, 4) is 5.75 Å². The van der Waals surface area contributed by atoms with E-state index in [2.05, 4.69) is 5.10 Å². The highest BCUT2D eigenvalue weighted by Crippen LogP contribution is 2.29. The number of anilines is 1. The Labute approximate surface area is 193 Å². The fourth-order valence-electron chi connectivity index (χ4n) is 4.32. The number of sulfonamides is 1. The number of fused-ring (bicyclic) bond motifs is 1. The Morgan fingerprint density at radius 2 is 1.82 bits per heavy atom. The van der Waals surface area contributed by atoms with Crippen LogP contribution < -0.4 is 15.2 Å². The maximum atomic E-state index is 13.4. The highest BCUT2D eigenvalue weighted by Gasteiger charge is 2.32. The van der Waals surface area contributed by atoms with Crippen LogP contribution in [-0.4, -0.2) is 65.3 Å². The van der Waals surface area contributed by atoms with Crippen LogP contribution in [0.25, 0.3) is 11.0 Å². The van der Waals surface area contributed by atoms with Crippen molar-refractivity contribution in [2.24, 2.45) is 7.05 Å². The Balaban J connectivity index is 1.66. The molecule has 0 amide bonds. The number of nitrogens with zero attached hydrogens (tertiary/aromatic N) is 6. The molecule has 1 saturated heterocycles. The van der Waals surface area contributed by atoms with E-state index in [1.54, 1.807) is 28.4 Å². The van der Waals surface area contributed by atoms with Crippen LogP contribution in [0.4, 0.5) is 5.95 Å². The van der Waals surface area contributed by atoms with Gasteiger partial charge in [0.1, 0.15) is 16.2 Å². The summed E-state index contributed by atoms with van der Waals surface area (Å²) in [5.41, 5.74) is 2.49. The minimum Gasteiger partial charge on any atom is -0.495 e. The summed E-state index contributed by atoms with van der Waals surface area (Å²) < 4.78 is 36.7. The number of hydrogen-bond donors (Lipinski definition) is 0. The summed E-state index contributed by atoms with van der Waals surface area (Å²) >= 11 is 0. The van der Waals surface area contributed by atoms with Gasteiger partial charge in [0.15, 0.2) is 5.52 Å². The summed E-state index contributed by atoms with van der Waals surface area (Å²) in [5, 5.41) is 4.36. The maximum Gasteiger partial charge on any atom is 0.281 e. The fraction of sp³-hybridized carbons (Fsp3) is 0.500. The Kier molecular flexibility index (Phi) is 6.19. The predicted octanol–water partition coefficient (Wildman–Crippen LogP) is 1.68. The van der Waals surface area contributed by atoms with Crippen molar-refractivity contribution >= 4 is 27.0 Å². The van der Waals surface area contributed by atoms with Gasteiger partial charge in [0.2, 0.25) is 16.0 Å². The molecule has 0 atom stereocenters. The first kappa shape index (κ1) is 23.2. The van der Waals surface area contributed by atoms with Crippen molar-refractivity contribution < 1.29 is 13.2 Å². The number of aromatic nitrogens is 4. The van der Waals surface area contributed by atoms with Gasteiger partial charge in [0, 0.05) is 39.8 Å². The standard InChI is InChI=1S/C22H30N6O4S/c1-6-9-28-21(29)20-19(16(3)24-25(20)4)23-22(28)26-10-12-27(13-11-26)33(30,31)18-14-15(2)7-8-17(18)32-5/h7-8,14H,6,9-13H2,1-5H3. The van der Waals surface area contributed by atoms with E-state index >= 15 is 0 Å². The Morgan fingerprint density at radius 1 is 1.12 bits per heavy atom. The number of ether oxygens (including phenoxy) is 1. The number of benzene rings is 1. The van der Waals surface area contributed by atoms with Gasteiger partial charge in [-0.05, 0) is 38.0 Å². The van der Waals surface area contributed by atoms with E-state index in [-0.39, 0.29) is 23.5 Å². The Morgan fingerprint density at radius 3 is 2.45 bits per heavy atom. The zero-order valence-corrected chi connectivity index (χ0v) is 20.5. The number of aryl methyl sites for hydroxylation is 3. The molecule has 178 valence electrons. The lowest BCUT2D eigenvalue weighted by Gasteiger charge is -2.35. The molecular formula is C22H30N6O4S. The van der Waals surface area contributed by atoms with Gasteiger partial charge >= 0.3 is 0 Å². The van der Waals surface area contributed by atoms with Gasteiger partial charge in [-0.2, -0.15) is 9.40 Å². The normalized spacial score (nSPS) is 15.4. The van der Waals surface area contributed by atoms with Gasteiger partial charge in [-0.25, -0.2) is 13.4 Å². The molecule has 1 aliphatic heterocycles. The molecule has 33 heavy (non-hydrogen) atoms. The second-order valence-electron chi connectivity index (χ2n) is 8.32. The molecular weight excluding hydrogens is 444 g/mol. The second-order valence-corrected chi connectivity index (χ2v) is 10.2. The van der Waals surface area contributed by atoms with Crippen LogP contribution in [0, 0.1) is 13.8 Å². The SMILES string of the molecule is CCCn1c(N2CCN(S(=O)(=O)c3cc(C)ccc3OC)CC2)nc2c(C)nn(C)c2c1=O. The molecule has 1 aromatic carbocycles. The lowest BCUT2D eigenvalue weighted by molar-refractivity contribution is 0.370. The molecule has 10 nitrogen and oxygen atoms in total. The van der Waals surface area contributed by atoms with Crippen molar-refractivity contribution in [1.29, 1.82) is 0 Å². The molecule has 3 aromatic rings. The predicted molar refractivity (Wildman–Crippen MR) is 126 cm³/mol. The van der Waals surface area contributed by atoms with E-state index < -0.39 is 10.0 Å². The number of hydrogen-bond acceptors (Lipinski definition) is 7. The molecule has 0 N–H and O–H groups in total. The molecule has 0 unspecified atom stereocenters. The van der Waals surface area contributed by atoms with Crippen molar-refractivity contribution in [2.75, 3.05) is 38.2 Å². The fourth-order valence-corrected chi connectivity index (χ4v) is 5.98. The van der Waals surface area contributed by atoms with Crippen LogP contribution >= 0.6 is 0 Å². The highest BCUT2D eigenvalue weighted by atomic mass is 32.2. The quantitative estimate of drug-likeness (QED) is 0.535. The van der Waals surface area contributed by atoms with Crippen molar-refractivity contribution in [3.05, 3.63) is 39.8 Å². The molecule has 1 fully saturated rings. The summed E-state index contributed by atoms with van der Waals surface area (Å²) in [6.07, 6.45) is 0.776. The topological polar surface area (TPSA) is 103 Å². The molecule has 0 spiro atoms. The minimum atomic E-state index is -3.72. The summed E-state index contributed by atoms with van der Waals surface area (Å²) in [6, 6.07) is 5.14. The third-order valence-corrected chi connectivity index (χ3v) is 7.92. The van der Waals surface area contributed by atoms with Gasteiger partial charge in [-0.3, -0.25) is 14.0 Å². The first-order valence-corrected chi connectivity index (χ1v) is 12.5. The van der Waals surface area contributed by atoms with Gasteiger partial charge in [-0.1, -0.05) is 13.0 Å². The lowest BCUT2D eigenvalue weighted by Crippen LogP contribution is -2.50. The smallest absolute Gasteiger partial charge is 0.281 e. The van der Waals surface area contributed by atoms with E-state index in [4.69, 9.17) is 9.72 Å². The van der Waals surface area contributed by atoms with Gasteiger partial charge in [0.25, 0.3) is 5.56 Å². The van der Waals surface area contributed by atoms with Gasteiger partial charge < -0.3 is 9.64 Å². The molecule has 0 aliphatic carbocycles. The Bertz CT molecular complexity index is 1350. The lowest BCUT2D eigenvalue weighted by atomic mass is 10.2. The molecule has 0 saturated carbocycles. The minimum absolute atomic E-state index is 0.125. The van der Waals surface area contributed by atoms with Crippen molar-refractivity contribution in [1.82, 2.24) is 23.6 Å². The van der Waals surface area contributed by atoms with E-state index in [0.717, 1.165) is 12.0 Å². The van der Waals surface area contributed by atoms with Gasteiger partial charge in [-0.15, -0.1) is 0 Å². The van der Waals surface area contributed by atoms with Crippen LogP contribution in [-0.2, 0) is 23.6 Å². The summed E-state index contributed by atoms with van der Waals surface area (Å²) in [5.74, 6) is 0.898. The zero-order valence-electron chi connectivity index (χ0n) is 19.7. The first-order chi connectivity index (χ1) is 15.7.